The molecule has 0 spiro atoms. The van der Waals surface area contributed by atoms with E-state index in [1.807, 2.05) is 60.7 Å². The number of hydroxylamine groups is 1. The molecule has 0 unspecified atom stereocenters. The number of amides is 2. The molecule has 0 aliphatic heterocycles. The van der Waals surface area contributed by atoms with Gasteiger partial charge in [-0.2, -0.15) is 5.10 Å². The Balaban J connectivity index is 1.28. The zero-order valence-electron chi connectivity index (χ0n) is 22.8. The number of hydrogen-bond acceptors (Lipinski definition) is 6. The third kappa shape index (κ3) is 9.05. The van der Waals surface area contributed by atoms with Gasteiger partial charge in [0.15, 0.2) is 0 Å². The van der Waals surface area contributed by atoms with Crippen molar-refractivity contribution in [2.24, 2.45) is 5.10 Å². The molecule has 0 heterocycles. The van der Waals surface area contributed by atoms with Crippen LogP contribution in [0.5, 0.6) is 5.75 Å². The summed E-state index contributed by atoms with van der Waals surface area (Å²) in [7, 11) is 0. The van der Waals surface area contributed by atoms with Crippen LogP contribution in [0.2, 0.25) is 0 Å². The van der Waals surface area contributed by atoms with Gasteiger partial charge in [-0.25, -0.2) is 10.9 Å². The number of anilines is 3. The number of benzene rings is 4. The number of rotatable bonds is 14. The minimum atomic E-state index is -0.368. The van der Waals surface area contributed by atoms with Gasteiger partial charge in [0.1, 0.15) is 5.75 Å². The van der Waals surface area contributed by atoms with E-state index >= 15 is 0 Å². The molecule has 3 N–H and O–H groups in total. The highest BCUT2D eigenvalue weighted by Crippen LogP contribution is 2.33. The molecule has 210 valence electrons. The molecule has 0 atom stereocenters. The molecule has 0 bridgehead atoms. The van der Waals surface area contributed by atoms with Crippen LogP contribution < -0.4 is 20.5 Å². The molecule has 41 heavy (non-hydrogen) atoms. The van der Waals surface area contributed by atoms with Gasteiger partial charge in [-0.15, -0.1) is 0 Å². The molecule has 4 aromatic carbocycles. The first-order valence-electron chi connectivity index (χ1n) is 13.6. The monoisotopic (exact) mass is 550 g/mol. The number of nitrogens with zero attached hydrogens (tertiary/aromatic N) is 2. The number of nitrogens with one attached hydrogen (secondary N) is 2. The van der Waals surface area contributed by atoms with Gasteiger partial charge in [0.25, 0.3) is 5.91 Å². The predicted molar refractivity (Wildman–Crippen MR) is 161 cm³/mol. The Morgan fingerprint density at radius 1 is 0.756 bits per heavy atom. The maximum absolute atomic E-state index is 12.6. The summed E-state index contributed by atoms with van der Waals surface area (Å²) >= 11 is 0. The van der Waals surface area contributed by atoms with Crippen molar-refractivity contribution in [3.05, 3.63) is 120 Å². The third-order valence-electron chi connectivity index (χ3n) is 6.35. The van der Waals surface area contributed by atoms with Gasteiger partial charge < -0.3 is 9.64 Å². The van der Waals surface area contributed by atoms with Crippen molar-refractivity contribution in [1.29, 1.82) is 0 Å². The summed E-state index contributed by atoms with van der Waals surface area (Å²) in [6, 6.07) is 35.3. The van der Waals surface area contributed by atoms with Crippen molar-refractivity contribution in [2.45, 2.75) is 32.1 Å². The largest absolute Gasteiger partial charge is 0.494 e. The van der Waals surface area contributed by atoms with Gasteiger partial charge in [-0.05, 0) is 73.0 Å². The lowest BCUT2D eigenvalue weighted by Crippen LogP contribution is -2.17. The van der Waals surface area contributed by atoms with Crippen LogP contribution in [0.4, 0.5) is 17.1 Å². The summed E-state index contributed by atoms with van der Waals surface area (Å²) < 4.78 is 5.77. The maximum Gasteiger partial charge on any atom is 0.271 e. The Morgan fingerprint density at radius 3 is 2.05 bits per heavy atom. The Bertz CT molecular complexity index is 1370. The minimum Gasteiger partial charge on any atom is -0.494 e. The SMILES string of the molecule is O=C(CCCCCCOc1cccc(C(=O)N/N=C/c2ccc(N(c3ccccc3)c3ccccc3)cc2)c1)NO. The van der Waals surface area contributed by atoms with Crippen LogP contribution in [0.3, 0.4) is 0 Å². The first kappa shape index (κ1) is 29.0. The minimum absolute atomic E-state index is 0.309. The molecule has 0 saturated heterocycles. The lowest BCUT2D eigenvalue weighted by atomic mass is 10.1. The summed E-state index contributed by atoms with van der Waals surface area (Å²) in [6.07, 6.45) is 5.25. The molecule has 8 heteroatoms. The van der Waals surface area contributed by atoms with E-state index in [-0.39, 0.29) is 11.8 Å². The summed E-state index contributed by atoms with van der Waals surface area (Å²) in [5.41, 5.74) is 8.64. The summed E-state index contributed by atoms with van der Waals surface area (Å²) in [4.78, 5) is 25.8. The van der Waals surface area contributed by atoms with E-state index in [1.54, 1.807) is 36.0 Å². The molecule has 0 radical (unpaired) electrons. The molecule has 8 nitrogen and oxygen atoms in total. The molecule has 0 fully saturated rings. The summed E-state index contributed by atoms with van der Waals surface area (Å²) in [5.74, 6) is -0.0873. The topological polar surface area (TPSA) is 103 Å². The smallest absolute Gasteiger partial charge is 0.271 e. The van der Waals surface area contributed by atoms with E-state index in [0.29, 0.717) is 30.8 Å². The number of para-hydroxylation sites is 2. The molecule has 0 aliphatic carbocycles. The molecule has 0 aliphatic rings. The second kappa shape index (κ2) is 15.6. The van der Waals surface area contributed by atoms with Crippen LogP contribution in [-0.4, -0.2) is 29.8 Å². The summed E-state index contributed by atoms with van der Waals surface area (Å²) in [5, 5.41) is 12.6. The summed E-state index contributed by atoms with van der Waals surface area (Å²) in [6.45, 7) is 0.511. The third-order valence-corrected chi connectivity index (χ3v) is 6.35. The van der Waals surface area contributed by atoms with Crippen LogP contribution in [0.1, 0.15) is 48.0 Å². The van der Waals surface area contributed by atoms with E-state index in [9.17, 15) is 9.59 Å². The van der Waals surface area contributed by atoms with Crippen LogP contribution in [0.25, 0.3) is 0 Å². The molecular formula is C33H34N4O4. The molecule has 4 rings (SSSR count). The quantitative estimate of drug-likeness (QED) is 0.0697. The van der Waals surface area contributed by atoms with Crippen LogP contribution in [-0.2, 0) is 4.79 Å². The fourth-order valence-corrected chi connectivity index (χ4v) is 4.26. The predicted octanol–water partition coefficient (Wildman–Crippen LogP) is 6.76. The van der Waals surface area contributed by atoms with Gasteiger partial charge in [0.2, 0.25) is 5.91 Å². The second-order valence-electron chi connectivity index (χ2n) is 9.37. The van der Waals surface area contributed by atoms with E-state index in [1.165, 1.54) is 0 Å². The average molecular weight is 551 g/mol. The normalized spacial score (nSPS) is 10.8. The first-order chi connectivity index (χ1) is 20.1. The van der Waals surface area contributed by atoms with Gasteiger partial charge in [-0.1, -0.05) is 67.4 Å². The highest BCUT2D eigenvalue weighted by Gasteiger charge is 2.11. The molecule has 0 aromatic heterocycles. The molecular weight excluding hydrogens is 516 g/mol. The first-order valence-corrected chi connectivity index (χ1v) is 13.6. The van der Waals surface area contributed by atoms with Crippen LogP contribution in [0, 0.1) is 0 Å². The molecule has 0 saturated carbocycles. The number of carbonyl (C=O) groups is 2. The van der Waals surface area contributed by atoms with Crippen molar-refractivity contribution in [3.8, 4) is 5.75 Å². The van der Waals surface area contributed by atoms with Gasteiger partial charge in [0, 0.05) is 29.0 Å². The molecule has 2 amide bonds. The zero-order chi connectivity index (χ0) is 28.7. The zero-order valence-corrected chi connectivity index (χ0v) is 22.8. The van der Waals surface area contributed by atoms with Crippen molar-refractivity contribution >= 4 is 35.1 Å². The number of unbranched alkanes of at least 4 members (excludes halogenated alkanes) is 3. The van der Waals surface area contributed by atoms with Crippen molar-refractivity contribution in [2.75, 3.05) is 11.5 Å². The lowest BCUT2D eigenvalue weighted by molar-refractivity contribution is -0.129. The van der Waals surface area contributed by atoms with E-state index < -0.39 is 0 Å². The Kier molecular flexibility index (Phi) is 11.0. The maximum atomic E-state index is 12.6. The fourth-order valence-electron chi connectivity index (χ4n) is 4.26. The number of ether oxygens (including phenoxy) is 1. The fraction of sp³-hybridized carbons (Fsp3) is 0.182. The highest BCUT2D eigenvalue weighted by molar-refractivity contribution is 5.95. The van der Waals surface area contributed by atoms with Gasteiger partial charge >= 0.3 is 0 Å². The van der Waals surface area contributed by atoms with E-state index in [0.717, 1.165) is 41.9 Å². The number of hydrogen-bond donors (Lipinski definition) is 3. The lowest BCUT2D eigenvalue weighted by Gasteiger charge is -2.25. The average Bonchev–Trinajstić information content (AvgIpc) is 3.02. The molecule has 4 aromatic rings. The Morgan fingerprint density at radius 2 is 1.39 bits per heavy atom. The van der Waals surface area contributed by atoms with Crippen molar-refractivity contribution < 1.29 is 19.5 Å². The van der Waals surface area contributed by atoms with Crippen LogP contribution in [0.15, 0.2) is 114 Å². The Labute approximate surface area is 240 Å². The van der Waals surface area contributed by atoms with E-state index in [4.69, 9.17) is 9.94 Å². The number of hydrazone groups is 1. The van der Waals surface area contributed by atoms with Crippen molar-refractivity contribution in [1.82, 2.24) is 10.9 Å². The van der Waals surface area contributed by atoms with Crippen molar-refractivity contribution in [3.63, 3.8) is 0 Å². The van der Waals surface area contributed by atoms with Gasteiger partial charge in [-0.3, -0.25) is 14.8 Å². The Hall–Kier alpha value is -4.95. The number of carbonyl (C=O) groups excluding carboxylic acids is 2. The standard InChI is InChI=1S/C33H34N4O4/c38-32(36-40)18-9-1-2-10-23-41-31-17-11-12-27(24-31)33(39)35-34-25-26-19-21-30(22-20-26)37(28-13-5-3-6-14-28)29-15-7-4-8-16-29/h3-8,11-17,19-22,24-25,40H,1-2,9-10,18,23H2,(H,35,39)(H,36,38)/b34-25+. The highest BCUT2D eigenvalue weighted by atomic mass is 16.5. The second-order valence-corrected chi connectivity index (χ2v) is 9.37. The van der Waals surface area contributed by atoms with Gasteiger partial charge in [0.05, 0.1) is 12.8 Å². The van der Waals surface area contributed by atoms with E-state index in [2.05, 4.69) is 39.7 Å². The van der Waals surface area contributed by atoms with Crippen LogP contribution >= 0.6 is 0 Å².